The molecular formula is C15H24O7. The van der Waals surface area contributed by atoms with Crippen LogP contribution in [-0.2, 0) is 28.6 Å². The molecule has 0 saturated carbocycles. The Balaban J connectivity index is 4.07. The lowest BCUT2D eigenvalue weighted by molar-refractivity contribution is -0.171. The molecule has 0 aliphatic rings. The molecule has 0 aliphatic heterocycles. The van der Waals surface area contributed by atoms with Crippen LogP contribution in [-0.4, -0.2) is 48.9 Å². The summed E-state index contributed by atoms with van der Waals surface area (Å²) < 4.78 is 14.3. The van der Waals surface area contributed by atoms with Gasteiger partial charge >= 0.3 is 17.9 Å². The van der Waals surface area contributed by atoms with Crippen LogP contribution >= 0.6 is 0 Å². The molecule has 0 heterocycles. The maximum atomic E-state index is 11.6. The molecule has 0 bridgehead atoms. The number of hydrogen-bond acceptors (Lipinski definition) is 7. The summed E-state index contributed by atoms with van der Waals surface area (Å²) >= 11 is 0. The summed E-state index contributed by atoms with van der Waals surface area (Å²) in [5.74, 6) is -2.23. The van der Waals surface area contributed by atoms with Gasteiger partial charge in [-0.15, -0.1) is 6.58 Å². The molecule has 1 N–H and O–H groups in total. The molecule has 0 radical (unpaired) electrons. The van der Waals surface area contributed by atoms with Crippen LogP contribution in [0.25, 0.3) is 0 Å². The van der Waals surface area contributed by atoms with E-state index in [4.69, 9.17) is 14.6 Å². The molecule has 0 saturated heterocycles. The topological polar surface area (TPSA) is 99.1 Å². The van der Waals surface area contributed by atoms with E-state index >= 15 is 0 Å². The smallest absolute Gasteiger partial charge is 0.347 e. The molecule has 0 aromatic carbocycles. The van der Waals surface area contributed by atoms with Crippen LogP contribution < -0.4 is 0 Å². The first kappa shape index (κ1) is 20.1. The van der Waals surface area contributed by atoms with Crippen molar-refractivity contribution in [1.82, 2.24) is 0 Å². The van der Waals surface area contributed by atoms with Crippen molar-refractivity contribution >= 4 is 17.9 Å². The van der Waals surface area contributed by atoms with E-state index in [0.29, 0.717) is 19.3 Å². The van der Waals surface area contributed by atoms with Crippen LogP contribution in [0.2, 0.25) is 0 Å². The molecule has 0 aliphatic carbocycles. The zero-order valence-corrected chi connectivity index (χ0v) is 13.2. The lowest BCUT2D eigenvalue weighted by atomic mass is 10.00. The van der Waals surface area contributed by atoms with Crippen molar-refractivity contribution in [3.63, 3.8) is 0 Å². The monoisotopic (exact) mass is 316 g/mol. The van der Waals surface area contributed by atoms with Gasteiger partial charge in [-0.3, -0.25) is 4.79 Å². The second kappa shape index (κ2) is 10.8. The molecule has 126 valence electrons. The van der Waals surface area contributed by atoms with Gasteiger partial charge < -0.3 is 19.3 Å². The van der Waals surface area contributed by atoms with Gasteiger partial charge in [0, 0.05) is 0 Å². The highest BCUT2D eigenvalue weighted by Crippen LogP contribution is 2.14. The van der Waals surface area contributed by atoms with E-state index in [1.165, 1.54) is 21.0 Å². The summed E-state index contributed by atoms with van der Waals surface area (Å²) in [7, 11) is 1.32. The standard InChI is InChI=1S/C15H24O7/c1-5-7-12(15(19)20-4)8-6-9-21-14(18)11(3)22-13(17)10(2)16/h5,10-12,16H,1,6-9H2,2-4H3/t10?,11?,12-/m1/s1. The summed E-state index contributed by atoms with van der Waals surface area (Å²) in [4.78, 5) is 34.2. The number of aliphatic hydroxyl groups excluding tert-OH is 1. The summed E-state index contributed by atoms with van der Waals surface area (Å²) in [6.45, 7) is 6.28. The molecule has 2 unspecified atom stereocenters. The highest BCUT2D eigenvalue weighted by molar-refractivity contribution is 5.80. The minimum atomic E-state index is -1.30. The van der Waals surface area contributed by atoms with E-state index in [0.717, 1.165) is 0 Å². The number of esters is 3. The van der Waals surface area contributed by atoms with E-state index in [9.17, 15) is 14.4 Å². The summed E-state index contributed by atoms with van der Waals surface area (Å²) in [6, 6.07) is 0. The van der Waals surface area contributed by atoms with Gasteiger partial charge in [0.1, 0.15) is 6.10 Å². The normalized spacial score (nSPS) is 14.4. The maximum absolute atomic E-state index is 11.6. The van der Waals surface area contributed by atoms with E-state index in [-0.39, 0.29) is 18.5 Å². The fourth-order valence-electron chi connectivity index (χ4n) is 1.64. The third-order valence-electron chi connectivity index (χ3n) is 2.89. The molecule has 3 atom stereocenters. The number of carbonyl (C=O) groups excluding carboxylic acids is 3. The Labute approximate surface area is 130 Å². The summed E-state index contributed by atoms with van der Waals surface area (Å²) in [5, 5.41) is 8.97. The van der Waals surface area contributed by atoms with Crippen molar-refractivity contribution in [2.75, 3.05) is 13.7 Å². The van der Waals surface area contributed by atoms with E-state index in [2.05, 4.69) is 11.3 Å². The first-order chi connectivity index (χ1) is 10.3. The Morgan fingerprint density at radius 3 is 2.32 bits per heavy atom. The Morgan fingerprint density at radius 1 is 1.18 bits per heavy atom. The Hall–Kier alpha value is -1.89. The number of rotatable bonds is 10. The van der Waals surface area contributed by atoms with Crippen molar-refractivity contribution in [3.05, 3.63) is 12.7 Å². The molecular weight excluding hydrogens is 292 g/mol. The van der Waals surface area contributed by atoms with Crippen LogP contribution in [0.3, 0.4) is 0 Å². The van der Waals surface area contributed by atoms with Gasteiger partial charge in [-0.25, -0.2) is 9.59 Å². The number of allylic oxidation sites excluding steroid dienone is 1. The minimum absolute atomic E-state index is 0.0973. The zero-order chi connectivity index (χ0) is 17.1. The first-order valence-corrected chi connectivity index (χ1v) is 7.07. The van der Waals surface area contributed by atoms with Crippen molar-refractivity contribution in [2.24, 2.45) is 5.92 Å². The van der Waals surface area contributed by atoms with Crippen LogP contribution in [0.15, 0.2) is 12.7 Å². The number of methoxy groups -OCH3 is 1. The lowest BCUT2D eigenvalue weighted by Gasteiger charge is -2.15. The molecule has 0 aromatic rings. The average molecular weight is 316 g/mol. The Morgan fingerprint density at radius 2 is 1.82 bits per heavy atom. The third kappa shape index (κ3) is 7.78. The molecule has 0 fully saturated rings. The van der Waals surface area contributed by atoms with E-state index in [1.54, 1.807) is 6.08 Å². The predicted octanol–water partition coefficient (Wildman–Crippen LogP) is 0.988. The van der Waals surface area contributed by atoms with Crippen LogP contribution in [0.4, 0.5) is 0 Å². The Bertz CT molecular complexity index is 389. The molecule has 0 rings (SSSR count). The number of hydrogen-bond donors (Lipinski definition) is 1. The first-order valence-electron chi connectivity index (χ1n) is 7.07. The third-order valence-corrected chi connectivity index (χ3v) is 2.89. The molecule has 7 nitrogen and oxygen atoms in total. The fourth-order valence-corrected chi connectivity index (χ4v) is 1.64. The van der Waals surface area contributed by atoms with Crippen LogP contribution in [0.1, 0.15) is 33.1 Å². The number of ether oxygens (including phenoxy) is 3. The molecule has 22 heavy (non-hydrogen) atoms. The number of aliphatic hydroxyl groups is 1. The molecule has 0 amide bonds. The quantitative estimate of drug-likeness (QED) is 0.278. The predicted molar refractivity (Wildman–Crippen MR) is 77.7 cm³/mol. The van der Waals surface area contributed by atoms with Crippen molar-refractivity contribution in [2.45, 2.75) is 45.3 Å². The zero-order valence-electron chi connectivity index (χ0n) is 13.2. The molecule has 0 aromatic heterocycles. The van der Waals surface area contributed by atoms with Gasteiger partial charge in [-0.05, 0) is 33.1 Å². The van der Waals surface area contributed by atoms with E-state index in [1.807, 2.05) is 0 Å². The van der Waals surface area contributed by atoms with Crippen molar-refractivity contribution < 1.29 is 33.7 Å². The van der Waals surface area contributed by atoms with Gasteiger partial charge in [-0.1, -0.05) is 6.08 Å². The highest BCUT2D eigenvalue weighted by atomic mass is 16.6. The van der Waals surface area contributed by atoms with Gasteiger partial charge in [0.15, 0.2) is 6.10 Å². The summed E-state index contributed by atoms with van der Waals surface area (Å²) in [5.41, 5.74) is 0. The second-order valence-electron chi connectivity index (χ2n) is 4.81. The molecule has 7 heteroatoms. The number of carbonyl (C=O) groups is 3. The highest BCUT2D eigenvalue weighted by Gasteiger charge is 2.22. The maximum Gasteiger partial charge on any atom is 0.347 e. The van der Waals surface area contributed by atoms with Crippen molar-refractivity contribution in [1.29, 1.82) is 0 Å². The SMILES string of the molecule is C=CC[C@H](CCCOC(=O)C(C)OC(=O)C(C)O)C(=O)OC. The van der Waals surface area contributed by atoms with Crippen LogP contribution in [0, 0.1) is 5.92 Å². The van der Waals surface area contributed by atoms with E-state index < -0.39 is 24.1 Å². The van der Waals surface area contributed by atoms with Gasteiger partial charge in [0.25, 0.3) is 0 Å². The average Bonchev–Trinajstić information content (AvgIpc) is 2.48. The van der Waals surface area contributed by atoms with Crippen LogP contribution in [0.5, 0.6) is 0 Å². The lowest BCUT2D eigenvalue weighted by Crippen LogP contribution is -2.31. The van der Waals surface area contributed by atoms with Crippen molar-refractivity contribution in [3.8, 4) is 0 Å². The van der Waals surface area contributed by atoms with Gasteiger partial charge in [0.05, 0.1) is 19.6 Å². The largest absolute Gasteiger partial charge is 0.469 e. The summed E-state index contributed by atoms with van der Waals surface area (Å²) in [6.07, 6.45) is 0.694. The fraction of sp³-hybridized carbons (Fsp3) is 0.667. The van der Waals surface area contributed by atoms with Gasteiger partial charge in [0.2, 0.25) is 0 Å². The van der Waals surface area contributed by atoms with Gasteiger partial charge in [-0.2, -0.15) is 0 Å². The molecule has 0 spiro atoms. The Kier molecular flexibility index (Phi) is 9.86. The minimum Gasteiger partial charge on any atom is -0.469 e. The second-order valence-corrected chi connectivity index (χ2v) is 4.81.